The first-order chi connectivity index (χ1) is 8.24. The van der Waals surface area contributed by atoms with E-state index in [4.69, 9.17) is 14.2 Å². The molecule has 100 valence electrons. The van der Waals surface area contributed by atoms with Crippen LogP contribution in [-0.2, 0) is 14.2 Å². The van der Waals surface area contributed by atoms with Crippen LogP contribution >= 0.6 is 0 Å². The van der Waals surface area contributed by atoms with Crippen molar-refractivity contribution >= 4 is 0 Å². The molecular formula is C13H24O4. The van der Waals surface area contributed by atoms with E-state index in [9.17, 15) is 5.11 Å². The van der Waals surface area contributed by atoms with E-state index in [0.29, 0.717) is 6.79 Å². The quantitative estimate of drug-likeness (QED) is 0.571. The maximum atomic E-state index is 9.38. The molecule has 1 aliphatic heterocycles. The first kappa shape index (κ1) is 13.3. The van der Waals surface area contributed by atoms with Gasteiger partial charge < -0.3 is 19.3 Å². The van der Waals surface area contributed by atoms with Gasteiger partial charge in [-0.3, -0.25) is 0 Å². The summed E-state index contributed by atoms with van der Waals surface area (Å²) < 4.78 is 16.5. The molecule has 4 heteroatoms. The van der Waals surface area contributed by atoms with Crippen LogP contribution in [0.15, 0.2) is 0 Å². The molecule has 2 fully saturated rings. The number of aliphatic hydroxyl groups excluding tert-OH is 1. The Labute approximate surface area is 103 Å². The van der Waals surface area contributed by atoms with Gasteiger partial charge in [0.25, 0.3) is 0 Å². The normalized spacial score (nSPS) is 32.1. The molecule has 0 aromatic carbocycles. The van der Waals surface area contributed by atoms with E-state index in [2.05, 4.69) is 6.92 Å². The van der Waals surface area contributed by atoms with E-state index in [0.717, 1.165) is 51.9 Å². The first-order valence-electron chi connectivity index (χ1n) is 6.69. The van der Waals surface area contributed by atoms with Crippen LogP contribution < -0.4 is 0 Å². The van der Waals surface area contributed by atoms with Gasteiger partial charge in [0.2, 0.25) is 0 Å². The highest BCUT2D eigenvalue weighted by Crippen LogP contribution is 2.31. The highest BCUT2D eigenvalue weighted by atomic mass is 16.7. The van der Waals surface area contributed by atoms with E-state index in [1.807, 2.05) is 0 Å². The summed E-state index contributed by atoms with van der Waals surface area (Å²) in [6.07, 6.45) is 4.87. The molecule has 0 amide bonds. The minimum Gasteiger partial charge on any atom is -0.393 e. The molecule has 2 aliphatic rings. The van der Waals surface area contributed by atoms with Crippen molar-refractivity contribution in [2.45, 2.75) is 51.2 Å². The molecule has 0 bridgehead atoms. The molecule has 1 N–H and O–H groups in total. The summed E-state index contributed by atoms with van der Waals surface area (Å²) in [6.45, 7) is 4.93. The average molecular weight is 244 g/mol. The van der Waals surface area contributed by atoms with Gasteiger partial charge >= 0.3 is 0 Å². The average Bonchev–Trinajstić information content (AvgIpc) is 2.30. The van der Waals surface area contributed by atoms with Crippen LogP contribution in [0.25, 0.3) is 0 Å². The van der Waals surface area contributed by atoms with Crippen LogP contribution in [0.4, 0.5) is 0 Å². The lowest BCUT2D eigenvalue weighted by Crippen LogP contribution is -2.46. The third-order valence-electron chi connectivity index (χ3n) is 4.01. The van der Waals surface area contributed by atoms with E-state index in [1.54, 1.807) is 0 Å². The topological polar surface area (TPSA) is 47.9 Å². The van der Waals surface area contributed by atoms with Gasteiger partial charge in [-0.25, -0.2) is 0 Å². The second-order valence-corrected chi connectivity index (χ2v) is 5.41. The second-order valence-electron chi connectivity index (χ2n) is 5.41. The Hall–Kier alpha value is -0.160. The van der Waals surface area contributed by atoms with Crippen LogP contribution in [-0.4, -0.2) is 43.9 Å². The summed E-state index contributed by atoms with van der Waals surface area (Å²) in [5.74, 6) is 0. The summed E-state index contributed by atoms with van der Waals surface area (Å²) in [6, 6.07) is 0. The van der Waals surface area contributed by atoms with Gasteiger partial charge in [-0.15, -0.1) is 0 Å². The highest BCUT2D eigenvalue weighted by Gasteiger charge is 2.37. The van der Waals surface area contributed by atoms with Crippen LogP contribution in [0, 0.1) is 5.41 Å². The summed E-state index contributed by atoms with van der Waals surface area (Å²) in [5, 5.41) is 9.38. The number of rotatable bonds is 6. The Kier molecular flexibility index (Phi) is 4.79. The largest absolute Gasteiger partial charge is 0.393 e. The fourth-order valence-corrected chi connectivity index (χ4v) is 2.39. The highest BCUT2D eigenvalue weighted by molar-refractivity contribution is 4.83. The number of hydrogen-bond acceptors (Lipinski definition) is 4. The molecule has 0 spiro atoms. The van der Waals surface area contributed by atoms with Crippen molar-refractivity contribution in [1.82, 2.24) is 0 Å². The van der Waals surface area contributed by atoms with Crippen molar-refractivity contribution in [3.8, 4) is 0 Å². The minimum atomic E-state index is -0.119. The summed E-state index contributed by atoms with van der Waals surface area (Å²) in [5.41, 5.74) is 0.242. The lowest BCUT2D eigenvalue weighted by atomic mass is 9.84. The van der Waals surface area contributed by atoms with Crippen molar-refractivity contribution in [2.75, 3.05) is 26.6 Å². The van der Waals surface area contributed by atoms with Gasteiger partial charge in [-0.1, -0.05) is 6.92 Å². The monoisotopic (exact) mass is 244 g/mol. The molecule has 0 atom stereocenters. The third kappa shape index (κ3) is 3.65. The predicted octanol–water partition coefficient (Wildman–Crippen LogP) is 1.71. The predicted molar refractivity (Wildman–Crippen MR) is 63.7 cm³/mol. The van der Waals surface area contributed by atoms with Crippen molar-refractivity contribution in [3.05, 3.63) is 0 Å². The fourth-order valence-electron chi connectivity index (χ4n) is 2.39. The van der Waals surface area contributed by atoms with Gasteiger partial charge in [0, 0.05) is 5.41 Å². The molecule has 1 saturated heterocycles. The zero-order chi connectivity index (χ0) is 12.1. The molecule has 0 unspecified atom stereocenters. The lowest BCUT2D eigenvalue weighted by Gasteiger charge is -2.40. The van der Waals surface area contributed by atoms with Gasteiger partial charge in [-0.05, 0) is 32.1 Å². The molecule has 1 heterocycles. The van der Waals surface area contributed by atoms with Gasteiger partial charge in [0.05, 0.1) is 32.0 Å². The van der Waals surface area contributed by atoms with Crippen molar-refractivity contribution in [3.63, 3.8) is 0 Å². The lowest BCUT2D eigenvalue weighted by molar-refractivity contribution is -0.183. The second kappa shape index (κ2) is 6.14. The summed E-state index contributed by atoms with van der Waals surface area (Å²) in [7, 11) is 0. The Bertz CT molecular complexity index is 214. The van der Waals surface area contributed by atoms with Crippen LogP contribution in [0.5, 0.6) is 0 Å². The molecule has 1 aliphatic carbocycles. The number of aliphatic hydroxyl groups is 1. The SMILES string of the molecule is CCC1(COCOC2CCC(O)CC2)COC1. The minimum absolute atomic E-state index is 0.119. The van der Waals surface area contributed by atoms with Crippen molar-refractivity contribution < 1.29 is 19.3 Å². The summed E-state index contributed by atoms with van der Waals surface area (Å²) >= 11 is 0. The molecule has 17 heavy (non-hydrogen) atoms. The Morgan fingerprint density at radius 3 is 2.47 bits per heavy atom. The zero-order valence-electron chi connectivity index (χ0n) is 10.7. The zero-order valence-corrected chi connectivity index (χ0v) is 10.7. The molecule has 0 radical (unpaired) electrons. The smallest absolute Gasteiger partial charge is 0.147 e. The number of ether oxygens (including phenoxy) is 3. The molecule has 2 rings (SSSR count). The van der Waals surface area contributed by atoms with E-state index < -0.39 is 0 Å². The van der Waals surface area contributed by atoms with Crippen LogP contribution in [0.2, 0.25) is 0 Å². The Balaban J connectivity index is 1.54. The van der Waals surface area contributed by atoms with E-state index in [-0.39, 0.29) is 17.6 Å². The van der Waals surface area contributed by atoms with Gasteiger partial charge in [0.15, 0.2) is 0 Å². The maximum absolute atomic E-state index is 9.38. The van der Waals surface area contributed by atoms with Crippen LogP contribution in [0.1, 0.15) is 39.0 Å². The first-order valence-corrected chi connectivity index (χ1v) is 6.69. The third-order valence-corrected chi connectivity index (χ3v) is 4.01. The van der Waals surface area contributed by atoms with Crippen molar-refractivity contribution in [2.24, 2.45) is 5.41 Å². The Morgan fingerprint density at radius 2 is 1.94 bits per heavy atom. The molecule has 0 aromatic heterocycles. The molecule has 4 nitrogen and oxygen atoms in total. The summed E-state index contributed by atoms with van der Waals surface area (Å²) in [4.78, 5) is 0. The van der Waals surface area contributed by atoms with Crippen molar-refractivity contribution in [1.29, 1.82) is 0 Å². The number of hydrogen-bond donors (Lipinski definition) is 1. The maximum Gasteiger partial charge on any atom is 0.147 e. The molecular weight excluding hydrogens is 220 g/mol. The molecule has 0 aromatic rings. The van der Waals surface area contributed by atoms with E-state index >= 15 is 0 Å². The van der Waals surface area contributed by atoms with Crippen LogP contribution in [0.3, 0.4) is 0 Å². The standard InChI is InChI=1S/C13H24O4/c1-2-13(7-15-8-13)9-16-10-17-12-5-3-11(14)4-6-12/h11-12,14H,2-10H2,1H3. The van der Waals surface area contributed by atoms with E-state index in [1.165, 1.54) is 0 Å². The fraction of sp³-hybridized carbons (Fsp3) is 1.00. The molecule has 1 saturated carbocycles. The van der Waals surface area contributed by atoms with Gasteiger partial charge in [0.1, 0.15) is 6.79 Å². The van der Waals surface area contributed by atoms with Gasteiger partial charge in [-0.2, -0.15) is 0 Å². The Morgan fingerprint density at radius 1 is 1.24 bits per heavy atom.